The second kappa shape index (κ2) is 9.55. The van der Waals surface area contributed by atoms with Gasteiger partial charge >= 0.3 is 0 Å². The molecule has 0 bridgehead atoms. The van der Waals surface area contributed by atoms with E-state index >= 15 is 0 Å². The van der Waals surface area contributed by atoms with E-state index in [1.54, 1.807) is 30.3 Å². The lowest BCUT2D eigenvalue weighted by Crippen LogP contribution is -2.04. The molecule has 0 unspecified atom stereocenters. The highest BCUT2D eigenvalue weighted by Gasteiger charge is 2.13. The van der Waals surface area contributed by atoms with Gasteiger partial charge in [0, 0.05) is 17.8 Å². The van der Waals surface area contributed by atoms with E-state index in [0.717, 1.165) is 11.3 Å². The highest BCUT2D eigenvalue weighted by molar-refractivity contribution is 9.10. The molecule has 0 aliphatic heterocycles. The predicted octanol–water partition coefficient (Wildman–Crippen LogP) is 6.32. The van der Waals surface area contributed by atoms with E-state index in [-0.39, 0.29) is 18.2 Å². The molecule has 0 aliphatic carbocycles. The molecule has 1 N–H and O–H groups in total. The minimum Gasteiger partial charge on any atom is -0.490 e. The molecule has 28 heavy (non-hydrogen) atoms. The number of hydrogen-bond donors (Lipinski definition) is 1. The fourth-order valence-corrected chi connectivity index (χ4v) is 3.27. The smallest absolute Gasteiger partial charge is 0.175 e. The van der Waals surface area contributed by atoms with E-state index < -0.39 is 0 Å². The summed E-state index contributed by atoms with van der Waals surface area (Å²) in [5, 5.41) is 3.24. The Morgan fingerprint density at radius 3 is 2.43 bits per heavy atom. The lowest BCUT2D eigenvalue weighted by molar-refractivity contribution is 0.264. The van der Waals surface area contributed by atoms with E-state index in [0.29, 0.717) is 34.7 Å². The largest absolute Gasteiger partial charge is 0.490 e. The van der Waals surface area contributed by atoms with Gasteiger partial charge in [-0.05, 0) is 70.9 Å². The van der Waals surface area contributed by atoms with Crippen molar-refractivity contribution < 1.29 is 18.3 Å². The van der Waals surface area contributed by atoms with Crippen molar-refractivity contribution in [2.45, 2.75) is 20.1 Å². The molecule has 0 saturated heterocycles. The molecule has 0 spiro atoms. The maximum Gasteiger partial charge on any atom is 0.175 e. The molecule has 3 aromatic carbocycles. The van der Waals surface area contributed by atoms with Crippen molar-refractivity contribution in [1.82, 2.24) is 0 Å². The van der Waals surface area contributed by atoms with Gasteiger partial charge in [-0.1, -0.05) is 18.2 Å². The van der Waals surface area contributed by atoms with Crippen LogP contribution in [0.1, 0.15) is 18.1 Å². The molecule has 0 aliphatic rings. The predicted molar refractivity (Wildman–Crippen MR) is 110 cm³/mol. The summed E-state index contributed by atoms with van der Waals surface area (Å²) in [6, 6.07) is 16.5. The van der Waals surface area contributed by atoms with E-state index in [9.17, 15) is 8.78 Å². The second-order valence-electron chi connectivity index (χ2n) is 6.08. The second-order valence-corrected chi connectivity index (χ2v) is 6.93. The SMILES string of the molecule is CCOc1cc(CNc2ccc(F)cc2)cc(Br)c1OCc1ccccc1F. The Morgan fingerprint density at radius 1 is 0.964 bits per heavy atom. The molecule has 0 amide bonds. The van der Waals surface area contributed by atoms with Crippen LogP contribution in [0.2, 0.25) is 0 Å². The molecule has 0 fully saturated rings. The number of halogens is 3. The molecule has 0 heterocycles. The Kier molecular flexibility index (Phi) is 6.87. The van der Waals surface area contributed by atoms with E-state index in [4.69, 9.17) is 9.47 Å². The molecule has 3 rings (SSSR count). The van der Waals surface area contributed by atoms with Crippen LogP contribution in [0.25, 0.3) is 0 Å². The Labute approximate surface area is 171 Å². The summed E-state index contributed by atoms with van der Waals surface area (Å²) in [5.74, 6) is 0.514. The maximum absolute atomic E-state index is 13.8. The molecular formula is C22H20BrF2NO2. The van der Waals surface area contributed by atoms with Gasteiger partial charge in [-0.25, -0.2) is 8.78 Å². The van der Waals surface area contributed by atoms with Crippen LogP contribution in [0.3, 0.4) is 0 Å². The van der Waals surface area contributed by atoms with Crippen LogP contribution in [0.15, 0.2) is 65.1 Å². The molecule has 0 saturated carbocycles. The highest BCUT2D eigenvalue weighted by atomic mass is 79.9. The first-order valence-corrected chi connectivity index (χ1v) is 9.67. The van der Waals surface area contributed by atoms with E-state index in [1.807, 2.05) is 19.1 Å². The minimum absolute atomic E-state index is 0.0958. The summed E-state index contributed by atoms with van der Waals surface area (Å²) in [5.41, 5.74) is 2.24. The summed E-state index contributed by atoms with van der Waals surface area (Å²) in [7, 11) is 0. The summed E-state index contributed by atoms with van der Waals surface area (Å²) >= 11 is 3.52. The minimum atomic E-state index is -0.309. The van der Waals surface area contributed by atoms with Crippen LogP contribution in [0.5, 0.6) is 11.5 Å². The van der Waals surface area contributed by atoms with Gasteiger partial charge in [0.1, 0.15) is 18.2 Å². The van der Waals surface area contributed by atoms with Crippen LogP contribution >= 0.6 is 15.9 Å². The van der Waals surface area contributed by atoms with Crippen molar-refractivity contribution in [2.24, 2.45) is 0 Å². The number of anilines is 1. The number of ether oxygens (including phenoxy) is 2. The molecule has 0 aromatic heterocycles. The summed E-state index contributed by atoms with van der Waals surface area (Å²) in [4.78, 5) is 0. The molecular weight excluding hydrogens is 428 g/mol. The van der Waals surface area contributed by atoms with Crippen LogP contribution in [-0.2, 0) is 13.2 Å². The van der Waals surface area contributed by atoms with Crippen LogP contribution in [0.4, 0.5) is 14.5 Å². The monoisotopic (exact) mass is 447 g/mol. The quantitative estimate of drug-likeness (QED) is 0.438. The molecule has 0 radical (unpaired) electrons. The fourth-order valence-electron chi connectivity index (χ4n) is 2.66. The van der Waals surface area contributed by atoms with Gasteiger partial charge in [-0.2, -0.15) is 0 Å². The van der Waals surface area contributed by atoms with E-state index in [1.165, 1.54) is 18.2 Å². The van der Waals surface area contributed by atoms with Crippen molar-refractivity contribution in [2.75, 3.05) is 11.9 Å². The zero-order valence-electron chi connectivity index (χ0n) is 15.3. The van der Waals surface area contributed by atoms with Gasteiger partial charge in [-0.3, -0.25) is 0 Å². The fraction of sp³-hybridized carbons (Fsp3) is 0.182. The van der Waals surface area contributed by atoms with Gasteiger partial charge in [-0.15, -0.1) is 0 Å². The summed E-state index contributed by atoms with van der Waals surface area (Å²) in [6.07, 6.45) is 0. The van der Waals surface area contributed by atoms with Crippen molar-refractivity contribution in [1.29, 1.82) is 0 Å². The van der Waals surface area contributed by atoms with Gasteiger partial charge in [0.05, 0.1) is 11.1 Å². The highest BCUT2D eigenvalue weighted by Crippen LogP contribution is 2.37. The van der Waals surface area contributed by atoms with Gasteiger partial charge in [0.2, 0.25) is 0 Å². The third-order valence-electron chi connectivity index (χ3n) is 4.04. The van der Waals surface area contributed by atoms with Gasteiger partial charge < -0.3 is 14.8 Å². The van der Waals surface area contributed by atoms with Crippen molar-refractivity contribution in [3.63, 3.8) is 0 Å². The zero-order chi connectivity index (χ0) is 19.9. The Bertz CT molecular complexity index is 932. The third kappa shape index (κ3) is 5.23. The molecule has 6 heteroatoms. The van der Waals surface area contributed by atoms with Gasteiger partial charge in [0.25, 0.3) is 0 Å². The van der Waals surface area contributed by atoms with Crippen molar-refractivity contribution >= 4 is 21.6 Å². The van der Waals surface area contributed by atoms with E-state index in [2.05, 4.69) is 21.2 Å². The number of nitrogens with one attached hydrogen (secondary N) is 1. The maximum atomic E-state index is 13.8. The third-order valence-corrected chi connectivity index (χ3v) is 4.63. The first-order chi connectivity index (χ1) is 13.6. The molecule has 3 nitrogen and oxygen atoms in total. The number of rotatable bonds is 8. The standard InChI is InChI=1S/C22H20BrF2NO2/c1-2-27-21-12-15(13-26-18-9-7-17(24)8-10-18)11-19(23)22(21)28-14-16-5-3-4-6-20(16)25/h3-12,26H,2,13-14H2,1H3. The lowest BCUT2D eigenvalue weighted by Gasteiger charge is -2.16. The number of benzene rings is 3. The van der Waals surface area contributed by atoms with Crippen LogP contribution in [0, 0.1) is 11.6 Å². The van der Waals surface area contributed by atoms with Crippen molar-refractivity contribution in [3.05, 3.63) is 87.9 Å². The first kappa shape index (κ1) is 20.1. The average molecular weight is 448 g/mol. The Hall–Kier alpha value is -2.60. The van der Waals surface area contributed by atoms with Crippen LogP contribution in [-0.4, -0.2) is 6.61 Å². The zero-order valence-corrected chi connectivity index (χ0v) is 16.9. The molecule has 146 valence electrons. The summed E-state index contributed by atoms with van der Waals surface area (Å²) in [6.45, 7) is 2.98. The normalized spacial score (nSPS) is 10.6. The average Bonchev–Trinajstić information content (AvgIpc) is 2.68. The molecule has 3 aromatic rings. The number of hydrogen-bond acceptors (Lipinski definition) is 3. The first-order valence-electron chi connectivity index (χ1n) is 8.87. The van der Waals surface area contributed by atoms with Gasteiger partial charge in [0.15, 0.2) is 11.5 Å². The topological polar surface area (TPSA) is 30.5 Å². The Morgan fingerprint density at radius 2 is 1.71 bits per heavy atom. The van der Waals surface area contributed by atoms with Crippen LogP contribution < -0.4 is 14.8 Å². The lowest BCUT2D eigenvalue weighted by atomic mass is 10.2. The Balaban J connectivity index is 1.75. The molecule has 0 atom stereocenters. The van der Waals surface area contributed by atoms with Crippen molar-refractivity contribution in [3.8, 4) is 11.5 Å². The summed E-state index contributed by atoms with van der Waals surface area (Å²) < 4.78 is 39.1.